The van der Waals surface area contributed by atoms with E-state index in [0.717, 1.165) is 40.9 Å². The van der Waals surface area contributed by atoms with Gasteiger partial charge in [0.2, 0.25) is 10.0 Å². The second-order valence-electron chi connectivity index (χ2n) is 6.89. The van der Waals surface area contributed by atoms with E-state index in [9.17, 15) is 13.5 Å². The van der Waals surface area contributed by atoms with Gasteiger partial charge in [0.05, 0.1) is 18.4 Å². The smallest absolute Gasteiger partial charge is 0.209 e. The Bertz CT molecular complexity index is 972. The molecular formula is C19H22N2O3S. The molecule has 0 amide bonds. The van der Waals surface area contributed by atoms with Crippen LogP contribution >= 0.6 is 0 Å². The predicted molar refractivity (Wildman–Crippen MR) is 100 cm³/mol. The number of sulfonamides is 1. The number of hydrogen-bond donors (Lipinski definition) is 2. The van der Waals surface area contributed by atoms with Gasteiger partial charge in [0.15, 0.2) is 0 Å². The first kappa shape index (κ1) is 16.6. The van der Waals surface area contributed by atoms with Crippen LogP contribution in [0, 0.1) is 0 Å². The van der Waals surface area contributed by atoms with E-state index < -0.39 is 22.2 Å². The van der Waals surface area contributed by atoms with Crippen molar-refractivity contribution < 1.29 is 13.5 Å². The van der Waals surface area contributed by atoms with Crippen LogP contribution in [0.25, 0.3) is 21.8 Å². The Hall–Kier alpha value is -1.89. The average Bonchev–Trinajstić information content (AvgIpc) is 2.90. The molecule has 6 heteroatoms. The first-order chi connectivity index (χ1) is 12.0. The van der Waals surface area contributed by atoms with Crippen molar-refractivity contribution in [2.24, 2.45) is 0 Å². The van der Waals surface area contributed by atoms with Gasteiger partial charge in [-0.1, -0.05) is 36.4 Å². The van der Waals surface area contributed by atoms with Crippen molar-refractivity contribution in [1.82, 2.24) is 9.29 Å². The molecular weight excluding hydrogens is 336 g/mol. The van der Waals surface area contributed by atoms with Crippen molar-refractivity contribution in [1.29, 1.82) is 0 Å². The van der Waals surface area contributed by atoms with E-state index in [1.807, 2.05) is 24.3 Å². The van der Waals surface area contributed by atoms with E-state index in [1.165, 1.54) is 0 Å². The lowest BCUT2D eigenvalue weighted by atomic mass is 9.88. The Morgan fingerprint density at radius 2 is 1.56 bits per heavy atom. The fourth-order valence-corrected chi connectivity index (χ4v) is 4.96. The lowest BCUT2D eigenvalue weighted by molar-refractivity contribution is 0.0547. The molecule has 1 saturated carbocycles. The number of nitrogens with zero attached hydrogens (tertiary/aromatic N) is 1. The van der Waals surface area contributed by atoms with Gasteiger partial charge in [-0.25, -0.2) is 13.1 Å². The van der Waals surface area contributed by atoms with E-state index in [4.69, 9.17) is 0 Å². The zero-order chi connectivity index (χ0) is 17.6. The Balaban J connectivity index is 1.85. The van der Waals surface area contributed by atoms with Gasteiger partial charge in [0, 0.05) is 27.8 Å². The summed E-state index contributed by atoms with van der Waals surface area (Å²) < 4.78 is 28.1. The molecule has 2 aromatic carbocycles. The largest absolute Gasteiger partial charge is 0.389 e. The van der Waals surface area contributed by atoms with Crippen LogP contribution in [0.2, 0.25) is 0 Å². The summed E-state index contributed by atoms with van der Waals surface area (Å²) in [5.41, 5.74) is 2.15. The van der Waals surface area contributed by atoms with Gasteiger partial charge in [-0.2, -0.15) is 0 Å². The van der Waals surface area contributed by atoms with E-state index in [2.05, 4.69) is 33.6 Å². The van der Waals surface area contributed by atoms with Crippen molar-refractivity contribution in [2.45, 2.75) is 37.5 Å². The fraction of sp³-hybridized carbons (Fsp3) is 0.368. The minimum Gasteiger partial charge on any atom is -0.389 e. The second-order valence-corrected chi connectivity index (χ2v) is 8.67. The number of hydrogen-bond acceptors (Lipinski definition) is 3. The number of aromatic nitrogens is 1. The van der Waals surface area contributed by atoms with Gasteiger partial charge in [0.1, 0.15) is 0 Å². The number of aliphatic hydroxyl groups is 1. The third-order valence-electron chi connectivity index (χ3n) is 5.14. The van der Waals surface area contributed by atoms with E-state index in [1.54, 1.807) is 0 Å². The maximum absolute atomic E-state index is 11.6. The summed E-state index contributed by atoms with van der Waals surface area (Å²) in [6.45, 7) is 0. The summed E-state index contributed by atoms with van der Waals surface area (Å²) in [4.78, 5) is 0. The topological polar surface area (TPSA) is 71.3 Å². The molecule has 0 aliphatic heterocycles. The van der Waals surface area contributed by atoms with Crippen molar-refractivity contribution >= 4 is 31.8 Å². The number of fused-ring (bicyclic) bond motifs is 3. The van der Waals surface area contributed by atoms with E-state index in [0.29, 0.717) is 6.42 Å². The van der Waals surface area contributed by atoms with Gasteiger partial charge >= 0.3 is 0 Å². The highest BCUT2D eigenvalue weighted by Crippen LogP contribution is 2.37. The summed E-state index contributed by atoms with van der Waals surface area (Å²) in [6, 6.07) is 15.7. The predicted octanol–water partition coefficient (Wildman–Crippen LogP) is 2.80. The van der Waals surface area contributed by atoms with Gasteiger partial charge in [0.25, 0.3) is 0 Å². The molecule has 3 atom stereocenters. The highest BCUT2D eigenvalue weighted by Gasteiger charge is 2.35. The Labute approximate surface area is 147 Å². The maximum atomic E-state index is 11.6. The number of nitrogens with one attached hydrogen (secondary N) is 1. The molecule has 0 spiro atoms. The van der Waals surface area contributed by atoms with Gasteiger partial charge in [-0.05, 0) is 31.4 Å². The minimum atomic E-state index is -3.35. The highest BCUT2D eigenvalue weighted by atomic mass is 32.2. The number of rotatable bonds is 3. The summed E-state index contributed by atoms with van der Waals surface area (Å²) >= 11 is 0. The van der Waals surface area contributed by atoms with Crippen molar-refractivity contribution in [3.63, 3.8) is 0 Å². The Morgan fingerprint density at radius 1 is 1.00 bits per heavy atom. The third kappa shape index (κ3) is 2.94. The first-order valence-electron chi connectivity index (χ1n) is 8.59. The molecule has 132 valence electrons. The monoisotopic (exact) mass is 358 g/mol. The van der Waals surface area contributed by atoms with Crippen LogP contribution in [0.15, 0.2) is 48.5 Å². The molecule has 1 unspecified atom stereocenters. The van der Waals surface area contributed by atoms with Crippen LogP contribution < -0.4 is 4.72 Å². The molecule has 0 bridgehead atoms. The molecule has 5 nitrogen and oxygen atoms in total. The van der Waals surface area contributed by atoms with Crippen molar-refractivity contribution in [3.05, 3.63) is 48.5 Å². The number of aliphatic hydroxyl groups excluding tert-OH is 1. The van der Waals surface area contributed by atoms with Crippen LogP contribution in [-0.4, -0.2) is 36.5 Å². The molecule has 0 radical (unpaired) electrons. The lowest BCUT2D eigenvalue weighted by Crippen LogP contribution is -2.49. The molecule has 1 heterocycles. The van der Waals surface area contributed by atoms with E-state index in [-0.39, 0.29) is 6.04 Å². The molecule has 25 heavy (non-hydrogen) atoms. The maximum Gasteiger partial charge on any atom is 0.209 e. The van der Waals surface area contributed by atoms with Crippen LogP contribution in [0.4, 0.5) is 0 Å². The summed E-state index contributed by atoms with van der Waals surface area (Å²) in [6.07, 6.45) is 2.73. The quantitative estimate of drug-likeness (QED) is 0.756. The standard InChI is InChI=1S/C19H22N2O3S/c1-25(23,24)20-15-9-6-12-18(19(15)22)21-16-10-4-2-7-13(16)14-8-3-5-11-17(14)21/h2-5,7-8,10-11,15,18-20,22H,6,9,12H2,1H3/t15-,18?,19+/m0/s1. The number of benzene rings is 2. The average molecular weight is 358 g/mol. The zero-order valence-electron chi connectivity index (χ0n) is 14.1. The molecule has 1 aromatic heterocycles. The number of para-hydroxylation sites is 2. The zero-order valence-corrected chi connectivity index (χ0v) is 14.9. The van der Waals surface area contributed by atoms with Gasteiger partial charge in [-0.15, -0.1) is 0 Å². The minimum absolute atomic E-state index is 0.155. The van der Waals surface area contributed by atoms with Crippen LogP contribution in [0.5, 0.6) is 0 Å². The Morgan fingerprint density at radius 3 is 2.12 bits per heavy atom. The van der Waals surface area contributed by atoms with Crippen molar-refractivity contribution in [2.75, 3.05) is 6.26 Å². The molecule has 1 aliphatic rings. The van der Waals surface area contributed by atoms with Crippen LogP contribution in [-0.2, 0) is 10.0 Å². The molecule has 3 aromatic rings. The summed E-state index contributed by atoms with van der Waals surface area (Å²) in [5.74, 6) is 0. The third-order valence-corrected chi connectivity index (χ3v) is 5.87. The SMILES string of the molecule is CS(=O)(=O)N[C@H]1CCCC(n2c3ccccc3c3ccccc32)[C@@H]1O. The second kappa shape index (κ2) is 6.12. The first-order valence-corrected chi connectivity index (χ1v) is 10.5. The van der Waals surface area contributed by atoms with Gasteiger partial charge < -0.3 is 9.67 Å². The summed E-state index contributed by atoms with van der Waals surface area (Å²) in [5, 5.41) is 13.2. The Kier molecular flexibility index (Phi) is 4.06. The van der Waals surface area contributed by atoms with Gasteiger partial charge in [-0.3, -0.25) is 0 Å². The molecule has 4 rings (SSSR count). The van der Waals surface area contributed by atoms with Crippen LogP contribution in [0.3, 0.4) is 0 Å². The lowest BCUT2D eigenvalue weighted by Gasteiger charge is -2.36. The molecule has 2 N–H and O–H groups in total. The summed E-state index contributed by atoms with van der Waals surface area (Å²) in [7, 11) is -3.35. The van der Waals surface area contributed by atoms with Crippen LogP contribution in [0.1, 0.15) is 25.3 Å². The molecule has 1 fully saturated rings. The normalized spacial score (nSPS) is 24.8. The fourth-order valence-electron chi connectivity index (χ4n) is 4.15. The van der Waals surface area contributed by atoms with Crippen molar-refractivity contribution in [3.8, 4) is 0 Å². The molecule has 1 aliphatic carbocycles. The molecule has 0 saturated heterocycles. The van der Waals surface area contributed by atoms with E-state index >= 15 is 0 Å². The highest BCUT2D eigenvalue weighted by molar-refractivity contribution is 7.88.